The molecule has 0 spiro atoms. The molecule has 1 N–H and O–H groups in total. The van der Waals surface area contributed by atoms with E-state index >= 15 is 0 Å². The van der Waals surface area contributed by atoms with Crippen molar-refractivity contribution >= 4 is 39.1 Å². The fourth-order valence-electron chi connectivity index (χ4n) is 2.65. The molecule has 0 aliphatic rings. The van der Waals surface area contributed by atoms with Crippen LogP contribution in [-0.4, -0.2) is 52.4 Å². The Labute approximate surface area is 188 Å². The molecule has 168 valence electrons. The van der Waals surface area contributed by atoms with E-state index in [0.29, 0.717) is 15.6 Å². The van der Waals surface area contributed by atoms with Crippen molar-refractivity contribution < 1.29 is 18.1 Å². The summed E-state index contributed by atoms with van der Waals surface area (Å²) in [6.07, 6.45) is 1.48. The Kier molecular flexibility index (Phi) is 6.62. The van der Waals surface area contributed by atoms with Crippen LogP contribution < -0.4 is 5.32 Å². The number of nitrogens with zero attached hydrogens (tertiary/aromatic N) is 5. The lowest BCUT2D eigenvalue weighted by molar-refractivity contribution is -0.387. The molecule has 32 heavy (non-hydrogen) atoms. The number of carbonyl (C=O) groups excluding carboxylic acids is 1. The first kappa shape index (κ1) is 23.4. The van der Waals surface area contributed by atoms with Crippen molar-refractivity contribution in [2.45, 2.75) is 21.9 Å². The summed E-state index contributed by atoms with van der Waals surface area (Å²) in [6.45, 7) is 1.71. The molecule has 0 radical (unpaired) electrons. The van der Waals surface area contributed by atoms with E-state index < -0.39 is 20.9 Å². The SMILES string of the molecule is Cc1ccc(S(=O)(=O)N(C)C)cc1NC(=O)c1ccc(Sc2nncn2C)c([N+](=O)[O-])c1. The second-order valence-corrected chi connectivity index (χ2v) is 10.1. The van der Waals surface area contributed by atoms with E-state index in [4.69, 9.17) is 0 Å². The summed E-state index contributed by atoms with van der Waals surface area (Å²) in [5.74, 6) is -0.606. The first-order chi connectivity index (χ1) is 15.0. The Hall–Kier alpha value is -3.29. The Morgan fingerprint density at radius 1 is 1.22 bits per heavy atom. The highest BCUT2D eigenvalue weighted by Gasteiger charge is 2.22. The number of rotatable bonds is 7. The van der Waals surface area contributed by atoms with Crippen LogP contribution in [-0.2, 0) is 17.1 Å². The second-order valence-electron chi connectivity index (χ2n) is 6.98. The third-order valence-electron chi connectivity index (χ3n) is 4.52. The second kappa shape index (κ2) is 9.06. The molecule has 1 amide bonds. The Morgan fingerprint density at radius 3 is 2.53 bits per heavy atom. The highest BCUT2D eigenvalue weighted by molar-refractivity contribution is 7.99. The van der Waals surface area contributed by atoms with Crippen LogP contribution in [0.5, 0.6) is 0 Å². The quantitative estimate of drug-likeness (QED) is 0.405. The van der Waals surface area contributed by atoms with Crippen molar-refractivity contribution in [2.24, 2.45) is 7.05 Å². The van der Waals surface area contributed by atoms with Crippen molar-refractivity contribution in [3.63, 3.8) is 0 Å². The molecule has 0 saturated carbocycles. The Bertz CT molecular complexity index is 1300. The van der Waals surface area contributed by atoms with Crippen LogP contribution in [0.4, 0.5) is 11.4 Å². The number of anilines is 1. The minimum absolute atomic E-state index is 0.0183. The number of amides is 1. The third-order valence-corrected chi connectivity index (χ3v) is 7.45. The molecule has 1 aromatic heterocycles. The van der Waals surface area contributed by atoms with Gasteiger partial charge in [0.2, 0.25) is 10.0 Å². The number of sulfonamides is 1. The van der Waals surface area contributed by atoms with Crippen LogP contribution in [0.1, 0.15) is 15.9 Å². The lowest BCUT2D eigenvalue weighted by Gasteiger charge is -2.14. The Balaban J connectivity index is 1.91. The molecule has 11 nitrogen and oxygen atoms in total. The molecule has 0 aliphatic heterocycles. The number of nitro benzene ring substituents is 1. The smallest absolute Gasteiger partial charge is 0.284 e. The van der Waals surface area contributed by atoms with E-state index in [-0.39, 0.29) is 21.8 Å². The summed E-state index contributed by atoms with van der Waals surface area (Å²) in [5.41, 5.74) is 0.726. The number of aryl methyl sites for hydroxylation is 2. The largest absolute Gasteiger partial charge is 0.322 e. The summed E-state index contributed by atoms with van der Waals surface area (Å²) >= 11 is 1.05. The normalized spacial score (nSPS) is 11.5. The lowest BCUT2D eigenvalue weighted by Crippen LogP contribution is -2.22. The van der Waals surface area contributed by atoms with Gasteiger partial charge in [-0.1, -0.05) is 6.07 Å². The van der Waals surface area contributed by atoms with Crippen LogP contribution >= 0.6 is 11.8 Å². The summed E-state index contributed by atoms with van der Waals surface area (Å²) in [5, 5.41) is 22.3. The van der Waals surface area contributed by atoms with E-state index in [1.165, 1.54) is 50.8 Å². The predicted octanol–water partition coefficient (Wildman–Crippen LogP) is 2.69. The van der Waals surface area contributed by atoms with Gasteiger partial charge in [-0.25, -0.2) is 12.7 Å². The van der Waals surface area contributed by atoms with Gasteiger partial charge in [0.1, 0.15) is 6.33 Å². The predicted molar refractivity (Wildman–Crippen MR) is 118 cm³/mol. The van der Waals surface area contributed by atoms with Crippen molar-refractivity contribution in [3.8, 4) is 0 Å². The molecule has 3 rings (SSSR count). The van der Waals surface area contributed by atoms with Crippen LogP contribution in [0.3, 0.4) is 0 Å². The molecule has 0 saturated heterocycles. The van der Waals surface area contributed by atoms with Gasteiger partial charge in [-0.15, -0.1) is 10.2 Å². The average Bonchev–Trinajstić information content (AvgIpc) is 3.13. The maximum Gasteiger partial charge on any atom is 0.284 e. The van der Waals surface area contributed by atoms with Crippen molar-refractivity contribution in [3.05, 3.63) is 64.0 Å². The van der Waals surface area contributed by atoms with Gasteiger partial charge in [0.15, 0.2) is 5.16 Å². The van der Waals surface area contributed by atoms with E-state index in [1.807, 2.05) is 0 Å². The van der Waals surface area contributed by atoms with Crippen molar-refractivity contribution in [2.75, 3.05) is 19.4 Å². The van der Waals surface area contributed by atoms with Gasteiger partial charge in [-0.3, -0.25) is 14.9 Å². The fraction of sp³-hybridized carbons (Fsp3) is 0.211. The highest BCUT2D eigenvalue weighted by atomic mass is 32.2. The zero-order valence-corrected chi connectivity index (χ0v) is 19.3. The fourth-order valence-corrected chi connectivity index (χ4v) is 4.43. The van der Waals surface area contributed by atoms with E-state index in [9.17, 15) is 23.3 Å². The molecule has 0 atom stereocenters. The van der Waals surface area contributed by atoms with E-state index in [2.05, 4.69) is 15.5 Å². The summed E-state index contributed by atoms with van der Waals surface area (Å²) in [7, 11) is 0.839. The topological polar surface area (TPSA) is 140 Å². The standard InChI is InChI=1S/C19H20N6O5S2/c1-12-5-7-14(32(29,30)23(2)3)10-15(12)21-18(26)13-6-8-17(16(9-13)25(27)28)31-19-22-20-11-24(19)4/h5-11H,1-4H3,(H,21,26). The monoisotopic (exact) mass is 476 g/mol. The van der Waals surface area contributed by atoms with Crippen LogP contribution in [0.15, 0.2) is 57.7 Å². The molecule has 3 aromatic rings. The van der Waals surface area contributed by atoms with Gasteiger partial charge in [0.05, 0.1) is 14.7 Å². The van der Waals surface area contributed by atoms with Gasteiger partial charge < -0.3 is 9.88 Å². The van der Waals surface area contributed by atoms with Crippen molar-refractivity contribution in [1.82, 2.24) is 19.1 Å². The minimum atomic E-state index is -3.69. The van der Waals surface area contributed by atoms with Gasteiger partial charge >= 0.3 is 0 Å². The summed E-state index contributed by atoms with van der Waals surface area (Å²) in [6, 6.07) is 8.47. The van der Waals surface area contributed by atoms with Crippen LogP contribution in [0, 0.1) is 17.0 Å². The molecule has 2 aromatic carbocycles. The number of aromatic nitrogens is 3. The molecule has 13 heteroatoms. The molecule has 0 aliphatic carbocycles. The molecule has 0 unspecified atom stereocenters. The highest BCUT2D eigenvalue weighted by Crippen LogP contribution is 2.34. The lowest BCUT2D eigenvalue weighted by atomic mass is 10.1. The van der Waals surface area contributed by atoms with Crippen LogP contribution in [0.25, 0.3) is 0 Å². The zero-order chi connectivity index (χ0) is 23.6. The van der Waals surface area contributed by atoms with Gasteiger partial charge in [-0.05, 0) is 48.5 Å². The number of benzene rings is 2. The minimum Gasteiger partial charge on any atom is -0.322 e. The maximum atomic E-state index is 12.8. The summed E-state index contributed by atoms with van der Waals surface area (Å²) < 4.78 is 27.5. The molecule has 0 fully saturated rings. The third kappa shape index (κ3) is 4.79. The number of hydrogen-bond donors (Lipinski definition) is 1. The summed E-state index contributed by atoms with van der Waals surface area (Å²) in [4.78, 5) is 24.1. The van der Waals surface area contributed by atoms with E-state index in [1.54, 1.807) is 24.6 Å². The molecular formula is C19H20N6O5S2. The van der Waals surface area contributed by atoms with Crippen LogP contribution in [0.2, 0.25) is 0 Å². The van der Waals surface area contributed by atoms with Gasteiger partial charge in [-0.2, -0.15) is 0 Å². The molecule has 1 heterocycles. The van der Waals surface area contributed by atoms with Gasteiger partial charge in [0, 0.05) is 38.5 Å². The number of hydrogen-bond acceptors (Lipinski definition) is 8. The number of nitro groups is 1. The first-order valence-corrected chi connectivity index (χ1v) is 11.4. The average molecular weight is 477 g/mol. The zero-order valence-electron chi connectivity index (χ0n) is 17.6. The maximum absolute atomic E-state index is 12.8. The molecular weight excluding hydrogens is 456 g/mol. The van der Waals surface area contributed by atoms with Gasteiger partial charge in [0.25, 0.3) is 11.6 Å². The van der Waals surface area contributed by atoms with E-state index in [0.717, 1.165) is 16.1 Å². The number of carbonyl (C=O) groups is 1. The number of nitrogens with one attached hydrogen (secondary N) is 1. The molecule has 0 bridgehead atoms. The first-order valence-electron chi connectivity index (χ1n) is 9.15. The Morgan fingerprint density at radius 2 is 1.94 bits per heavy atom. The van der Waals surface area contributed by atoms with Crippen molar-refractivity contribution in [1.29, 1.82) is 0 Å².